The van der Waals surface area contributed by atoms with Crippen molar-refractivity contribution < 1.29 is 18.0 Å². The highest BCUT2D eigenvalue weighted by molar-refractivity contribution is 7.92. The molecule has 0 fully saturated rings. The Morgan fingerprint density at radius 2 is 1.51 bits per heavy atom. The minimum Gasteiger partial charge on any atom is -0.354 e. The molecule has 3 rings (SSSR count). The third-order valence-corrected chi connectivity index (χ3v) is 8.87. The van der Waals surface area contributed by atoms with Crippen LogP contribution in [0.5, 0.6) is 0 Å². The fraction of sp³-hybridized carbons (Fsp3) is 0.394. The van der Waals surface area contributed by atoms with Crippen molar-refractivity contribution in [3.05, 3.63) is 99.5 Å². The summed E-state index contributed by atoms with van der Waals surface area (Å²) in [5.41, 5.74) is 2.77. The van der Waals surface area contributed by atoms with E-state index in [1.807, 2.05) is 56.3 Å². The van der Waals surface area contributed by atoms with Crippen LogP contribution in [-0.2, 0) is 38.0 Å². The van der Waals surface area contributed by atoms with Gasteiger partial charge < -0.3 is 10.2 Å². The van der Waals surface area contributed by atoms with E-state index in [0.717, 1.165) is 21.7 Å². The highest BCUT2D eigenvalue weighted by Crippen LogP contribution is 2.27. The maximum atomic E-state index is 14.2. The summed E-state index contributed by atoms with van der Waals surface area (Å²) in [5, 5.41) is 3.64. The third kappa shape index (κ3) is 9.98. The Morgan fingerprint density at radius 3 is 2.05 bits per heavy atom. The van der Waals surface area contributed by atoms with Gasteiger partial charge in [-0.1, -0.05) is 106 Å². The molecule has 0 aliphatic rings. The van der Waals surface area contributed by atoms with Gasteiger partial charge in [0.25, 0.3) is 0 Å². The number of amides is 2. The van der Waals surface area contributed by atoms with E-state index in [2.05, 4.69) is 26.1 Å². The lowest BCUT2D eigenvalue weighted by molar-refractivity contribution is -0.140. The number of sulfonamides is 1. The van der Waals surface area contributed by atoms with Crippen molar-refractivity contribution in [2.45, 2.75) is 59.0 Å². The van der Waals surface area contributed by atoms with E-state index < -0.39 is 28.5 Å². The standard InChI is InChI=1S/C33H41Cl2N3O4S/c1-23(2)20-36-32(40)30(19-24-10-8-7-9-11-24)37(21-25-12-17-28(34)29(35)18-25)31(39)22-38(43(6,41)42)27-15-13-26(14-16-27)33(3,4)5/h7-18,23,30H,19-22H2,1-6H3,(H,36,40)/t30-/m0/s1. The Balaban J connectivity index is 2.06. The van der Waals surface area contributed by atoms with Gasteiger partial charge in [-0.2, -0.15) is 0 Å². The molecule has 1 N–H and O–H groups in total. The zero-order chi connectivity index (χ0) is 31.9. The summed E-state index contributed by atoms with van der Waals surface area (Å²) in [6.45, 7) is 10.1. The predicted octanol–water partition coefficient (Wildman–Crippen LogP) is 6.47. The minimum absolute atomic E-state index is 0.0168. The quantitative estimate of drug-likeness (QED) is 0.245. The molecule has 7 nitrogen and oxygen atoms in total. The van der Waals surface area contributed by atoms with Crippen molar-refractivity contribution in [3.8, 4) is 0 Å². The SMILES string of the molecule is CC(C)CNC(=O)[C@H](Cc1ccccc1)N(Cc1ccc(Cl)c(Cl)c1)C(=O)CN(c1ccc(C(C)(C)C)cc1)S(C)(=O)=O. The Labute approximate surface area is 266 Å². The molecule has 0 aliphatic heterocycles. The van der Waals surface area contributed by atoms with Crippen LogP contribution >= 0.6 is 23.2 Å². The number of nitrogens with one attached hydrogen (secondary N) is 1. The highest BCUT2D eigenvalue weighted by Gasteiger charge is 2.33. The van der Waals surface area contributed by atoms with E-state index in [0.29, 0.717) is 27.8 Å². The fourth-order valence-corrected chi connectivity index (χ4v) is 5.72. The first-order chi connectivity index (χ1) is 20.1. The second-order valence-electron chi connectivity index (χ2n) is 12.2. The first-order valence-corrected chi connectivity index (χ1v) is 16.8. The molecular weight excluding hydrogens is 605 g/mol. The zero-order valence-corrected chi connectivity index (χ0v) is 27.9. The lowest BCUT2D eigenvalue weighted by Gasteiger charge is -2.34. The molecule has 232 valence electrons. The molecule has 0 bridgehead atoms. The summed E-state index contributed by atoms with van der Waals surface area (Å²) in [7, 11) is -3.86. The van der Waals surface area contributed by atoms with Gasteiger partial charge in [0.15, 0.2) is 0 Å². The van der Waals surface area contributed by atoms with E-state index >= 15 is 0 Å². The molecule has 3 aromatic carbocycles. The van der Waals surface area contributed by atoms with Gasteiger partial charge in [-0.3, -0.25) is 13.9 Å². The van der Waals surface area contributed by atoms with Gasteiger partial charge in [0.2, 0.25) is 21.8 Å². The monoisotopic (exact) mass is 645 g/mol. The van der Waals surface area contributed by atoms with Gasteiger partial charge in [0, 0.05) is 19.5 Å². The van der Waals surface area contributed by atoms with Crippen molar-refractivity contribution in [2.24, 2.45) is 5.92 Å². The number of rotatable bonds is 12. The molecule has 0 saturated carbocycles. The Morgan fingerprint density at radius 1 is 0.884 bits per heavy atom. The van der Waals surface area contributed by atoms with Crippen LogP contribution in [0.15, 0.2) is 72.8 Å². The maximum Gasteiger partial charge on any atom is 0.244 e. The molecule has 0 unspecified atom stereocenters. The van der Waals surface area contributed by atoms with Gasteiger partial charge in [-0.25, -0.2) is 8.42 Å². The lowest BCUT2D eigenvalue weighted by atomic mass is 9.87. The predicted molar refractivity (Wildman–Crippen MR) is 176 cm³/mol. The highest BCUT2D eigenvalue weighted by atomic mass is 35.5. The van der Waals surface area contributed by atoms with E-state index in [1.54, 1.807) is 30.3 Å². The summed E-state index contributed by atoms with van der Waals surface area (Å²) in [6.07, 6.45) is 1.30. The van der Waals surface area contributed by atoms with Gasteiger partial charge in [0.05, 0.1) is 22.0 Å². The summed E-state index contributed by atoms with van der Waals surface area (Å²) >= 11 is 12.4. The number of benzene rings is 3. The summed E-state index contributed by atoms with van der Waals surface area (Å²) < 4.78 is 27.1. The largest absolute Gasteiger partial charge is 0.354 e. The van der Waals surface area contributed by atoms with Crippen LogP contribution in [0.4, 0.5) is 5.69 Å². The van der Waals surface area contributed by atoms with Crippen LogP contribution in [0, 0.1) is 5.92 Å². The smallest absolute Gasteiger partial charge is 0.244 e. The van der Waals surface area contributed by atoms with Crippen molar-refractivity contribution in [2.75, 3.05) is 23.7 Å². The fourth-order valence-electron chi connectivity index (χ4n) is 4.55. The Hall–Kier alpha value is -3.07. The van der Waals surface area contributed by atoms with Gasteiger partial charge in [-0.15, -0.1) is 0 Å². The number of halogens is 2. The van der Waals surface area contributed by atoms with Crippen LogP contribution in [0.25, 0.3) is 0 Å². The molecule has 1 atom stereocenters. The molecule has 43 heavy (non-hydrogen) atoms. The Bertz CT molecular complexity index is 1510. The van der Waals surface area contributed by atoms with E-state index in [4.69, 9.17) is 23.2 Å². The van der Waals surface area contributed by atoms with E-state index in [9.17, 15) is 18.0 Å². The molecule has 10 heteroatoms. The van der Waals surface area contributed by atoms with Gasteiger partial charge in [0.1, 0.15) is 12.6 Å². The number of carbonyl (C=O) groups is 2. The average molecular weight is 647 g/mol. The van der Waals surface area contributed by atoms with Crippen molar-refractivity contribution in [1.82, 2.24) is 10.2 Å². The molecule has 0 aromatic heterocycles. The summed E-state index contributed by atoms with van der Waals surface area (Å²) in [4.78, 5) is 29.4. The lowest BCUT2D eigenvalue weighted by Crippen LogP contribution is -2.53. The molecule has 0 saturated heterocycles. The van der Waals surface area contributed by atoms with E-state index in [1.165, 1.54) is 4.90 Å². The van der Waals surface area contributed by atoms with Crippen LogP contribution in [0.3, 0.4) is 0 Å². The first kappa shape index (κ1) is 34.4. The first-order valence-electron chi connectivity index (χ1n) is 14.2. The summed E-state index contributed by atoms with van der Waals surface area (Å²) in [5.74, 6) is -0.666. The number of nitrogens with zero attached hydrogens (tertiary/aromatic N) is 2. The van der Waals surface area contributed by atoms with Crippen LogP contribution in [-0.4, -0.2) is 50.5 Å². The molecular formula is C33H41Cl2N3O4S. The topological polar surface area (TPSA) is 86.8 Å². The van der Waals surface area contributed by atoms with E-state index in [-0.39, 0.29) is 30.2 Å². The van der Waals surface area contributed by atoms with Gasteiger partial charge >= 0.3 is 0 Å². The maximum absolute atomic E-state index is 14.2. The Kier molecular flexibility index (Phi) is 11.7. The van der Waals surface area contributed by atoms with Crippen molar-refractivity contribution in [3.63, 3.8) is 0 Å². The van der Waals surface area contributed by atoms with Gasteiger partial charge in [-0.05, 0) is 52.3 Å². The zero-order valence-electron chi connectivity index (χ0n) is 25.6. The molecule has 3 aromatic rings. The van der Waals surface area contributed by atoms with Crippen molar-refractivity contribution >= 4 is 50.7 Å². The number of hydrogen-bond donors (Lipinski definition) is 1. The number of hydrogen-bond acceptors (Lipinski definition) is 4. The normalized spacial score (nSPS) is 12.6. The molecule has 0 spiro atoms. The number of carbonyl (C=O) groups excluding carboxylic acids is 2. The molecule has 0 heterocycles. The second-order valence-corrected chi connectivity index (χ2v) is 14.9. The van der Waals surface area contributed by atoms with Crippen LogP contribution < -0.4 is 9.62 Å². The minimum atomic E-state index is -3.86. The molecule has 2 amide bonds. The second kappa shape index (κ2) is 14.6. The van der Waals surface area contributed by atoms with Crippen LogP contribution in [0.1, 0.15) is 51.3 Å². The molecule has 0 aliphatic carbocycles. The number of anilines is 1. The average Bonchev–Trinajstić information content (AvgIpc) is 2.93. The summed E-state index contributed by atoms with van der Waals surface area (Å²) in [6, 6.07) is 20.6. The van der Waals surface area contributed by atoms with Crippen LogP contribution in [0.2, 0.25) is 10.0 Å². The third-order valence-electron chi connectivity index (χ3n) is 6.99. The van der Waals surface area contributed by atoms with Crippen molar-refractivity contribution in [1.29, 1.82) is 0 Å². The molecule has 0 radical (unpaired) electrons.